The van der Waals surface area contributed by atoms with Crippen molar-refractivity contribution in [1.82, 2.24) is 14.7 Å². The topological polar surface area (TPSA) is 50.2 Å². The molecule has 0 saturated heterocycles. The number of hydrogen-bond acceptors (Lipinski definition) is 2. The van der Waals surface area contributed by atoms with Crippen LogP contribution in [0.1, 0.15) is 28.1 Å². The minimum atomic E-state index is -0.0869. The molecule has 2 rings (SSSR count). The molecular formula is C18H26N4O. The molecule has 1 aromatic carbocycles. The molecule has 1 N–H and O–H groups in total. The Balaban J connectivity index is 1.97. The van der Waals surface area contributed by atoms with E-state index in [1.807, 2.05) is 51.7 Å². The lowest BCUT2D eigenvalue weighted by Crippen LogP contribution is -2.33. The van der Waals surface area contributed by atoms with Crippen molar-refractivity contribution in [3.63, 3.8) is 0 Å². The van der Waals surface area contributed by atoms with E-state index in [1.165, 1.54) is 11.1 Å². The highest BCUT2D eigenvalue weighted by molar-refractivity contribution is 5.90. The molecule has 2 aromatic rings. The molecule has 1 heterocycles. The first kappa shape index (κ1) is 17.1. The number of amides is 2. The van der Waals surface area contributed by atoms with Gasteiger partial charge in [-0.2, -0.15) is 5.10 Å². The summed E-state index contributed by atoms with van der Waals surface area (Å²) < 4.78 is 1.89. The molecule has 0 aliphatic heterocycles. The van der Waals surface area contributed by atoms with Crippen LogP contribution in [0.15, 0.2) is 18.2 Å². The number of aryl methyl sites for hydroxylation is 4. The standard InChI is InChI=1S/C18H26N4O/c1-12-7-8-17(13(2)11-12)19-18(23)21(5)10-9-16-14(3)20-22(6)15(16)4/h7-8,11H,9-10H2,1-6H3,(H,19,23). The lowest BCUT2D eigenvalue weighted by Gasteiger charge is -2.19. The predicted molar refractivity (Wildman–Crippen MR) is 94.0 cm³/mol. The van der Waals surface area contributed by atoms with Crippen molar-refractivity contribution >= 4 is 11.7 Å². The van der Waals surface area contributed by atoms with E-state index in [0.29, 0.717) is 6.54 Å². The summed E-state index contributed by atoms with van der Waals surface area (Å²) in [5.74, 6) is 0. The summed E-state index contributed by atoms with van der Waals surface area (Å²) in [5, 5.41) is 7.39. The van der Waals surface area contributed by atoms with E-state index in [2.05, 4.69) is 23.4 Å². The van der Waals surface area contributed by atoms with Crippen molar-refractivity contribution in [3.05, 3.63) is 46.3 Å². The second-order valence-electron chi connectivity index (χ2n) is 6.19. The quantitative estimate of drug-likeness (QED) is 0.941. The number of carbonyl (C=O) groups excluding carboxylic acids is 1. The van der Waals surface area contributed by atoms with Gasteiger partial charge in [0.1, 0.15) is 0 Å². The van der Waals surface area contributed by atoms with Gasteiger partial charge in [-0.3, -0.25) is 4.68 Å². The highest BCUT2D eigenvalue weighted by Gasteiger charge is 2.14. The van der Waals surface area contributed by atoms with E-state index in [9.17, 15) is 4.79 Å². The summed E-state index contributed by atoms with van der Waals surface area (Å²) >= 11 is 0. The van der Waals surface area contributed by atoms with Crippen LogP contribution in [0, 0.1) is 27.7 Å². The van der Waals surface area contributed by atoms with E-state index in [0.717, 1.165) is 29.1 Å². The van der Waals surface area contributed by atoms with Crippen molar-refractivity contribution < 1.29 is 4.79 Å². The molecular weight excluding hydrogens is 288 g/mol. The Morgan fingerprint density at radius 1 is 1.26 bits per heavy atom. The molecule has 0 unspecified atom stereocenters. The van der Waals surface area contributed by atoms with E-state index >= 15 is 0 Å². The monoisotopic (exact) mass is 314 g/mol. The Kier molecular flexibility index (Phi) is 5.08. The molecule has 0 saturated carbocycles. The average Bonchev–Trinajstić information content (AvgIpc) is 2.72. The number of carbonyl (C=O) groups is 1. The fraction of sp³-hybridized carbons (Fsp3) is 0.444. The second kappa shape index (κ2) is 6.86. The third kappa shape index (κ3) is 3.92. The van der Waals surface area contributed by atoms with Crippen LogP contribution < -0.4 is 5.32 Å². The number of urea groups is 1. The van der Waals surface area contributed by atoms with Gasteiger partial charge in [-0.15, -0.1) is 0 Å². The van der Waals surface area contributed by atoms with Gasteiger partial charge >= 0.3 is 6.03 Å². The van der Waals surface area contributed by atoms with Crippen LogP contribution in [0.25, 0.3) is 0 Å². The zero-order valence-corrected chi connectivity index (χ0v) is 14.9. The minimum Gasteiger partial charge on any atom is -0.327 e. The van der Waals surface area contributed by atoms with Crippen molar-refractivity contribution in [2.75, 3.05) is 18.9 Å². The Morgan fingerprint density at radius 3 is 2.52 bits per heavy atom. The normalized spacial score (nSPS) is 10.7. The van der Waals surface area contributed by atoms with Crippen LogP contribution >= 0.6 is 0 Å². The van der Waals surface area contributed by atoms with E-state index in [1.54, 1.807) is 4.90 Å². The maximum Gasteiger partial charge on any atom is 0.321 e. The third-order valence-corrected chi connectivity index (χ3v) is 4.33. The summed E-state index contributed by atoms with van der Waals surface area (Å²) in [6.07, 6.45) is 0.808. The lowest BCUT2D eigenvalue weighted by atomic mass is 10.1. The minimum absolute atomic E-state index is 0.0869. The zero-order valence-electron chi connectivity index (χ0n) is 14.9. The summed E-state index contributed by atoms with van der Waals surface area (Å²) in [5.41, 5.74) is 6.54. The second-order valence-corrected chi connectivity index (χ2v) is 6.19. The van der Waals surface area contributed by atoms with Crippen LogP contribution in [0.5, 0.6) is 0 Å². The molecule has 5 nitrogen and oxygen atoms in total. The van der Waals surface area contributed by atoms with E-state index in [4.69, 9.17) is 0 Å². The van der Waals surface area contributed by atoms with Gasteiger partial charge in [0, 0.05) is 32.0 Å². The van der Waals surface area contributed by atoms with Crippen LogP contribution in [-0.2, 0) is 13.5 Å². The first-order chi connectivity index (χ1) is 10.8. The number of anilines is 1. The number of rotatable bonds is 4. The van der Waals surface area contributed by atoms with E-state index < -0.39 is 0 Å². The number of benzene rings is 1. The molecule has 0 fully saturated rings. The number of nitrogens with zero attached hydrogens (tertiary/aromatic N) is 3. The van der Waals surface area contributed by atoms with Crippen LogP contribution in [0.3, 0.4) is 0 Å². The highest BCUT2D eigenvalue weighted by atomic mass is 16.2. The van der Waals surface area contributed by atoms with Gasteiger partial charge in [0.15, 0.2) is 0 Å². The predicted octanol–water partition coefficient (Wildman–Crippen LogP) is 3.36. The summed E-state index contributed by atoms with van der Waals surface area (Å²) in [7, 11) is 3.77. The fourth-order valence-electron chi connectivity index (χ4n) is 2.72. The number of hydrogen-bond donors (Lipinski definition) is 1. The first-order valence-electron chi connectivity index (χ1n) is 7.88. The Labute approximate surface area is 138 Å². The molecule has 0 spiro atoms. The molecule has 124 valence electrons. The average molecular weight is 314 g/mol. The number of likely N-dealkylation sites (N-methyl/N-ethyl adjacent to an activating group) is 1. The Hall–Kier alpha value is -2.30. The molecule has 0 atom stereocenters. The molecule has 0 bridgehead atoms. The van der Waals surface area contributed by atoms with Gasteiger partial charge in [-0.05, 0) is 51.3 Å². The van der Waals surface area contributed by atoms with Gasteiger partial charge in [0.05, 0.1) is 5.69 Å². The van der Waals surface area contributed by atoms with Crippen LogP contribution in [-0.4, -0.2) is 34.3 Å². The van der Waals surface area contributed by atoms with Crippen LogP contribution in [0.2, 0.25) is 0 Å². The van der Waals surface area contributed by atoms with Crippen molar-refractivity contribution in [1.29, 1.82) is 0 Å². The first-order valence-corrected chi connectivity index (χ1v) is 7.88. The summed E-state index contributed by atoms with van der Waals surface area (Å²) in [6.45, 7) is 8.78. The summed E-state index contributed by atoms with van der Waals surface area (Å²) in [4.78, 5) is 14.1. The fourth-order valence-corrected chi connectivity index (χ4v) is 2.72. The molecule has 0 aliphatic carbocycles. The molecule has 1 aromatic heterocycles. The SMILES string of the molecule is Cc1ccc(NC(=O)N(C)CCc2c(C)nn(C)c2C)c(C)c1. The molecule has 2 amide bonds. The smallest absolute Gasteiger partial charge is 0.321 e. The number of nitrogens with one attached hydrogen (secondary N) is 1. The Bertz CT molecular complexity index is 718. The maximum atomic E-state index is 12.3. The summed E-state index contributed by atoms with van der Waals surface area (Å²) in [6, 6.07) is 5.94. The van der Waals surface area contributed by atoms with E-state index in [-0.39, 0.29) is 6.03 Å². The number of aromatic nitrogens is 2. The highest BCUT2D eigenvalue weighted by Crippen LogP contribution is 2.17. The zero-order chi connectivity index (χ0) is 17.1. The van der Waals surface area contributed by atoms with Gasteiger partial charge in [0.25, 0.3) is 0 Å². The van der Waals surface area contributed by atoms with Gasteiger partial charge in [-0.25, -0.2) is 4.79 Å². The van der Waals surface area contributed by atoms with Crippen molar-refractivity contribution in [3.8, 4) is 0 Å². The third-order valence-electron chi connectivity index (χ3n) is 4.33. The Morgan fingerprint density at radius 2 is 1.96 bits per heavy atom. The van der Waals surface area contributed by atoms with Gasteiger partial charge < -0.3 is 10.2 Å². The van der Waals surface area contributed by atoms with Crippen molar-refractivity contribution in [2.45, 2.75) is 34.1 Å². The van der Waals surface area contributed by atoms with Gasteiger partial charge in [0.2, 0.25) is 0 Å². The lowest BCUT2D eigenvalue weighted by molar-refractivity contribution is 0.223. The molecule has 23 heavy (non-hydrogen) atoms. The molecule has 0 radical (unpaired) electrons. The van der Waals surface area contributed by atoms with Gasteiger partial charge in [-0.1, -0.05) is 17.7 Å². The maximum absolute atomic E-state index is 12.3. The molecule has 5 heteroatoms. The largest absolute Gasteiger partial charge is 0.327 e. The van der Waals surface area contributed by atoms with Crippen LogP contribution in [0.4, 0.5) is 10.5 Å². The van der Waals surface area contributed by atoms with Crippen molar-refractivity contribution in [2.24, 2.45) is 7.05 Å². The molecule has 0 aliphatic rings.